The van der Waals surface area contributed by atoms with Crippen molar-refractivity contribution >= 4 is 21.9 Å². The Hall–Kier alpha value is -2.53. The minimum Gasteiger partial charge on any atom is -0.420 e. The van der Waals surface area contributed by atoms with Crippen LogP contribution < -0.4 is 4.74 Å². The normalized spacial score (nSPS) is 10.3. The number of hydrogen-bond donors (Lipinski definition) is 0. The van der Waals surface area contributed by atoms with Crippen LogP contribution in [-0.4, -0.2) is 15.9 Å². The van der Waals surface area contributed by atoms with Crippen molar-refractivity contribution in [3.8, 4) is 17.0 Å². The molecule has 0 aliphatic rings. The summed E-state index contributed by atoms with van der Waals surface area (Å²) >= 11 is 3.25. The average Bonchev–Trinajstić information content (AvgIpc) is 2.57. The number of carbonyl (C=O) groups excluding carboxylic acids is 1. The van der Waals surface area contributed by atoms with Crippen LogP contribution in [0.2, 0.25) is 0 Å². The van der Waals surface area contributed by atoms with Crippen LogP contribution in [0.4, 0.5) is 0 Å². The lowest BCUT2D eigenvalue weighted by atomic mass is 10.1. The van der Waals surface area contributed by atoms with E-state index in [-0.39, 0.29) is 0 Å². The maximum absolute atomic E-state index is 12.3. The van der Waals surface area contributed by atoms with Gasteiger partial charge in [0.25, 0.3) is 0 Å². The first kappa shape index (κ1) is 15.4. The molecular formula is C18H13BrN2O2. The number of pyridine rings is 2. The topological polar surface area (TPSA) is 52.1 Å². The van der Waals surface area contributed by atoms with Crippen LogP contribution in [0.5, 0.6) is 5.75 Å². The standard InChI is InChI=1S/C18H13BrN2O2/c1-12-14(18(22)23-16-8-5-11-20-17(16)19)9-10-15(21-12)13-6-3-2-4-7-13/h2-11H,1H3. The van der Waals surface area contributed by atoms with Gasteiger partial charge in [-0.3, -0.25) is 4.98 Å². The predicted octanol–water partition coefficient (Wildman–Crippen LogP) is 4.43. The summed E-state index contributed by atoms with van der Waals surface area (Å²) in [7, 11) is 0. The van der Waals surface area contributed by atoms with Gasteiger partial charge < -0.3 is 4.74 Å². The third-order valence-electron chi connectivity index (χ3n) is 3.30. The van der Waals surface area contributed by atoms with Crippen LogP contribution in [-0.2, 0) is 0 Å². The maximum atomic E-state index is 12.3. The average molecular weight is 369 g/mol. The largest absolute Gasteiger partial charge is 0.420 e. The van der Waals surface area contributed by atoms with Crippen molar-refractivity contribution in [2.24, 2.45) is 0 Å². The zero-order chi connectivity index (χ0) is 16.2. The number of rotatable bonds is 3. The lowest BCUT2D eigenvalue weighted by molar-refractivity contribution is 0.0731. The number of benzene rings is 1. The molecule has 23 heavy (non-hydrogen) atoms. The SMILES string of the molecule is Cc1nc(-c2ccccc2)ccc1C(=O)Oc1cccnc1Br. The summed E-state index contributed by atoms with van der Waals surface area (Å²) in [6.45, 7) is 1.79. The molecule has 2 heterocycles. The van der Waals surface area contributed by atoms with E-state index < -0.39 is 5.97 Å². The second kappa shape index (κ2) is 6.71. The van der Waals surface area contributed by atoms with Gasteiger partial charge in [-0.25, -0.2) is 9.78 Å². The van der Waals surface area contributed by atoms with Crippen LogP contribution in [0.3, 0.4) is 0 Å². The fourth-order valence-electron chi connectivity index (χ4n) is 2.15. The van der Waals surface area contributed by atoms with Gasteiger partial charge in [0.2, 0.25) is 0 Å². The van der Waals surface area contributed by atoms with Gasteiger partial charge in [-0.05, 0) is 47.1 Å². The van der Waals surface area contributed by atoms with E-state index in [4.69, 9.17) is 4.74 Å². The Balaban J connectivity index is 1.86. The smallest absolute Gasteiger partial charge is 0.345 e. The molecule has 2 aromatic heterocycles. The monoisotopic (exact) mass is 368 g/mol. The highest BCUT2D eigenvalue weighted by atomic mass is 79.9. The Morgan fingerprint density at radius 3 is 2.52 bits per heavy atom. The first-order valence-electron chi connectivity index (χ1n) is 7.01. The molecule has 3 rings (SSSR count). The Morgan fingerprint density at radius 1 is 1.04 bits per heavy atom. The van der Waals surface area contributed by atoms with Gasteiger partial charge in [-0.2, -0.15) is 0 Å². The molecule has 0 atom stereocenters. The van der Waals surface area contributed by atoms with Gasteiger partial charge in [-0.15, -0.1) is 0 Å². The number of aromatic nitrogens is 2. The fourth-order valence-corrected chi connectivity index (χ4v) is 2.48. The lowest BCUT2D eigenvalue weighted by Gasteiger charge is -2.09. The Morgan fingerprint density at radius 2 is 1.83 bits per heavy atom. The number of nitrogens with zero attached hydrogens (tertiary/aromatic N) is 2. The molecule has 0 N–H and O–H groups in total. The highest BCUT2D eigenvalue weighted by Gasteiger charge is 2.15. The summed E-state index contributed by atoms with van der Waals surface area (Å²) in [6.07, 6.45) is 1.61. The van der Waals surface area contributed by atoms with Crippen molar-refractivity contribution in [2.75, 3.05) is 0 Å². The van der Waals surface area contributed by atoms with E-state index in [1.54, 1.807) is 31.3 Å². The molecule has 4 nitrogen and oxygen atoms in total. The molecule has 0 radical (unpaired) electrons. The zero-order valence-electron chi connectivity index (χ0n) is 12.4. The Kier molecular flexibility index (Phi) is 4.48. The Labute approximate surface area is 142 Å². The van der Waals surface area contributed by atoms with E-state index in [1.165, 1.54) is 0 Å². The number of aryl methyl sites for hydroxylation is 1. The number of ether oxygens (including phenoxy) is 1. The molecule has 0 bridgehead atoms. The molecule has 0 amide bonds. The van der Waals surface area contributed by atoms with Crippen LogP contribution in [0, 0.1) is 6.92 Å². The maximum Gasteiger partial charge on any atom is 0.345 e. The van der Waals surface area contributed by atoms with Gasteiger partial charge in [-0.1, -0.05) is 30.3 Å². The second-order valence-corrected chi connectivity index (χ2v) is 5.63. The van der Waals surface area contributed by atoms with E-state index in [0.717, 1.165) is 11.3 Å². The molecule has 114 valence electrons. The predicted molar refractivity (Wildman–Crippen MR) is 91.3 cm³/mol. The summed E-state index contributed by atoms with van der Waals surface area (Å²) in [5.41, 5.74) is 2.88. The zero-order valence-corrected chi connectivity index (χ0v) is 13.9. The molecule has 3 aromatic rings. The fraction of sp³-hybridized carbons (Fsp3) is 0.0556. The summed E-state index contributed by atoms with van der Waals surface area (Å²) in [6, 6.07) is 16.7. The van der Waals surface area contributed by atoms with Gasteiger partial charge in [0.05, 0.1) is 17.0 Å². The van der Waals surface area contributed by atoms with Crippen molar-refractivity contribution in [1.29, 1.82) is 0 Å². The molecule has 0 aliphatic heterocycles. The van der Waals surface area contributed by atoms with E-state index in [1.807, 2.05) is 36.4 Å². The number of hydrogen-bond acceptors (Lipinski definition) is 4. The quantitative estimate of drug-likeness (QED) is 0.506. The molecule has 1 aromatic carbocycles. The van der Waals surface area contributed by atoms with Crippen LogP contribution in [0.25, 0.3) is 11.3 Å². The van der Waals surface area contributed by atoms with E-state index >= 15 is 0 Å². The van der Waals surface area contributed by atoms with Crippen molar-refractivity contribution in [2.45, 2.75) is 6.92 Å². The van der Waals surface area contributed by atoms with Gasteiger partial charge in [0.1, 0.15) is 4.60 Å². The third kappa shape index (κ3) is 3.46. The minimum absolute atomic E-state index is 0.379. The highest BCUT2D eigenvalue weighted by Crippen LogP contribution is 2.23. The van der Waals surface area contributed by atoms with E-state index in [9.17, 15) is 4.79 Å². The summed E-state index contributed by atoms with van der Waals surface area (Å²) in [4.78, 5) is 20.9. The summed E-state index contributed by atoms with van der Waals surface area (Å²) in [5.74, 6) is -0.0765. The van der Waals surface area contributed by atoms with Gasteiger partial charge in [0, 0.05) is 11.8 Å². The molecule has 0 spiro atoms. The van der Waals surface area contributed by atoms with E-state index in [2.05, 4.69) is 25.9 Å². The minimum atomic E-state index is -0.455. The van der Waals surface area contributed by atoms with Crippen molar-refractivity contribution in [3.63, 3.8) is 0 Å². The number of carbonyl (C=O) groups is 1. The second-order valence-electron chi connectivity index (χ2n) is 4.88. The van der Waals surface area contributed by atoms with E-state index in [0.29, 0.717) is 21.6 Å². The molecule has 0 unspecified atom stereocenters. The van der Waals surface area contributed by atoms with Crippen molar-refractivity contribution in [3.05, 3.63) is 76.7 Å². The van der Waals surface area contributed by atoms with Crippen molar-refractivity contribution < 1.29 is 9.53 Å². The van der Waals surface area contributed by atoms with Crippen molar-refractivity contribution in [1.82, 2.24) is 9.97 Å². The molecular weight excluding hydrogens is 356 g/mol. The Bertz CT molecular complexity index is 851. The third-order valence-corrected chi connectivity index (χ3v) is 3.90. The molecule has 5 heteroatoms. The summed E-state index contributed by atoms with van der Waals surface area (Å²) < 4.78 is 5.86. The lowest BCUT2D eigenvalue weighted by Crippen LogP contribution is -2.12. The molecule has 0 aliphatic carbocycles. The van der Waals surface area contributed by atoms with Gasteiger partial charge in [0.15, 0.2) is 5.75 Å². The summed E-state index contributed by atoms with van der Waals surface area (Å²) in [5, 5.41) is 0. The van der Waals surface area contributed by atoms with Gasteiger partial charge >= 0.3 is 5.97 Å². The molecule has 0 saturated carbocycles. The number of esters is 1. The molecule has 0 saturated heterocycles. The molecule has 0 fully saturated rings. The first-order chi connectivity index (χ1) is 11.1. The van der Waals surface area contributed by atoms with Crippen LogP contribution in [0.15, 0.2) is 65.4 Å². The number of halogens is 1. The highest BCUT2D eigenvalue weighted by molar-refractivity contribution is 9.10. The van der Waals surface area contributed by atoms with Crippen LogP contribution in [0.1, 0.15) is 16.1 Å². The van der Waals surface area contributed by atoms with Crippen LogP contribution >= 0.6 is 15.9 Å². The first-order valence-corrected chi connectivity index (χ1v) is 7.80.